The van der Waals surface area contributed by atoms with E-state index in [1.54, 1.807) is 7.17 Å². The van der Waals surface area contributed by atoms with Crippen molar-refractivity contribution in [2.45, 2.75) is 71.8 Å². The summed E-state index contributed by atoms with van der Waals surface area (Å²) in [6.45, 7) is 11.7. The number of likely N-dealkylation sites (tertiary alicyclic amines) is 1. The minimum Gasteiger partial charge on any atom is -0.360 e. The Morgan fingerprint density at radius 1 is 1.03 bits per heavy atom. The molecular weight excluding hydrogens is 443 g/mol. The first-order valence-corrected chi connectivity index (χ1v) is 13.2. The van der Waals surface area contributed by atoms with Gasteiger partial charge in [0.2, 0.25) is 11.8 Å². The highest BCUT2D eigenvalue weighted by atomic mass is 16.2. The molecule has 0 bridgehead atoms. The summed E-state index contributed by atoms with van der Waals surface area (Å²) in [7, 11) is 13.7. The molecule has 5 nitrogen and oxygen atoms in total. The second kappa shape index (κ2) is 17.9. The number of carbonyl (C=O) groups is 2. The molecule has 1 fully saturated rings. The molecule has 1 aliphatic heterocycles. The molecule has 189 valence electrons. The number of hydrogen-bond donors (Lipinski definition) is 2. The molecule has 2 aromatic rings. The van der Waals surface area contributed by atoms with Gasteiger partial charge in [0.05, 0.1) is 28.0 Å². The molecule has 1 heterocycles. The van der Waals surface area contributed by atoms with Crippen molar-refractivity contribution in [3.05, 3.63) is 65.7 Å². The maximum absolute atomic E-state index is 12.6. The molecular formula is C28H41B3N3O2. The van der Waals surface area contributed by atoms with Gasteiger partial charge in [-0.1, -0.05) is 100 Å². The van der Waals surface area contributed by atoms with Crippen LogP contribution in [0.1, 0.15) is 64.5 Å². The standard InChI is InChI=1S/C24H29B3N3O2.2C2H6/c1-2-19(20-10-6-7-11-21(20)27-26)24(25)29-23(32)16-30-13-12-18(15-30)28-22(31)14-17-8-4-3-5-9-17;2*1-2/h3-11,18-19,24H,2,12-16H2,1H3,(H,28,31)(H,29,32);2*1-2H3. The van der Waals surface area contributed by atoms with Crippen molar-refractivity contribution in [3.63, 3.8) is 0 Å². The average Bonchev–Trinajstić information content (AvgIpc) is 3.33. The third-order valence-electron chi connectivity index (χ3n) is 5.99. The zero-order chi connectivity index (χ0) is 26.9. The van der Waals surface area contributed by atoms with Gasteiger partial charge < -0.3 is 10.6 Å². The second-order valence-electron chi connectivity index (χ2n) is 8.35. The number of nitrogens with one attached hydrogen (secondary N) is 2. The van der Waals surface area contributed by atoms with Crippen LogP contribution in [0, 0.1) is 0 Å². The molecule has 1 saturated heterocycles. The first-order valence-electron chi connectivity index (χ1n) is 13.2. The Hall–Kier alpha value is -2.47. The van der Waals surface area contributed by atoms with E-state index in [9.17, 15) is 9.59 Å². The van der Waals surface area contributed by atoms with E-state index >= 15 is 0 Å². The van der Waals surface area contributed by atoms with Crippen LogP contribution in [-0.4, -0.2) is 71.1 Å². The van der Waals surface area contributed by atoms with Gasteiger partial charge in [-0.3, -0.25) is 14.5 Å². The highest BCUT2D eigenvalue weighted by molar-refractivity contribution is 6.97. The van der Waals surface area contributed by atoms with E-state index in [-0.39, 0.29) is 30.3 Å². The molecule has 2 amide bonds. The zero-order valence-corrected chi connectivity index (χ0v) is 22.7. The second-order valence-corrected chi connectivity index (χ2v) is 8.35. The van der Waals surface area contributed by atoms with E-state index < -0.39 is 5.94 Å². The number of amides is 2. The Balaban J connectivity index is 0.00000154. The Labute approximate surface area is 222 Å². The maximum atomic E-state index is 12.6. The van der Waals surface area contributed by atoms with Crippen LogP contribution >= 0.6 is 0 Å². The zero-order valence-electron chi connectivity index (χ0n) is 22.7. The van der Waals surface area contributed by atoms with Crippen LogP contribution in [-0.2, 0) is 16.0 Å². The number of nitrogens with zero attached hydrogens (tertiary/aromatic N) is 1. The smallest absolute Gasteiger partial charge is 0.233 e. The number of hydrogen-bond acceptors (Lipinski definition) is 3. The summed E-state index contributed by atoms with van der Waals surface area (Å²) in [5.74, 6) is -0.631. The predicted octanol–water partition coefficient (Wildman–Crippen LogP) is 2.69. The van der Waals surface area contributed by atoms with Crippen molar-refractivity contribution in [3.8, 4) is 0 Å². The van der Waals surface area contributed by atoms with E-state index in [1.807, 2.05) is 89.2 Å². The van der Waals surface area contributed by atoms with Gasteiger partial charge in [-0.25, -0.2) is 0 Å². The highest BCUT2D eigenvalue weighted by Crippen LogP contribution is 2.20. The summed E-state index contributed by atoms with van der Waals surface area (Å²) in [5, 5.41) is 6.03. The van der Waals surface area contributed by atoms with Crippen molar-refractivity contribution in [2.75, 3.05) is 19.6 Å². The minimum absolute atomic E-state index is 0.00989. The van der Waals surface area contributed by atoms with Gasteiger partial charge in [-0.05, 0) is 30.3 Å². The molecule has 3 rings (SSSR count). The lowest BCUT2D eigenvalue weighted by Crippen LogP contribution is -2.46. The number of rotatable bonds is 10. The summed E-state index contributed by atoms with van der Waals surface area (Å²) >= 11 is 0. The molecule has 1 aliphatic rings. The van der Waals surface area contributed by atoms with Crippen LogP contribution in [0.25, 0.3) is 0 Å². The van der Waals surface area contributed by atoms with Gasteiger partial charge in [-0.2, -0.15) is 0 Å². The summed E-state index contributed by atoms with van der Waals surface area (Å²) < 4.78 is 0. The molecule has 0 spiro atoms. The van der Waals surface area contributed by atoms with Crippen molar-refractivity contribution in [2.24, 2.45) is 0 Å². The highest BCUT2D eigenvalue weighted by Gasteiger charge is 2.27. The minimum atomic E-state index is -0.502. The Morgan fingerprint density at radius 2 is 1.67 bits per heavy atom. The van der Waals surface area contributed by atoms with Crippen LogP contribution in [0.3, 0.4) is 0 Å². The molecule has 0 aromatic heterocycles. The molecule has 2 N–H and O–H groups in total. The van der Waals surface area contributed by atoms with Crippen molar-refractivity contribution in [1.29, 1.82) is 0 Å². The number of carbonyl (C=O) groups excluding carboxylic acids is 2. The van der Waals surface area contributed by atoms with Gasteiger partial charge in [-0.15, -0.1) is 0 Å². The fourth-order valence-corrected chi connectivity index (χ4v) is 4.36. The quantitative estimate of drug-likeness (QED) is 0.511. The van der Waals surface area contributed by atoms with Crippen LogP contribution < -0.4 is 16.1 Å². The van der Waals surface area contributed by atoms with Crippen molar-refractivity contribution in [1.82, 2.24) is 15.5 Å². The lowest BCUT2D eigenvalue weighted by Gasteiger charge is -2.28. The Bertz CT molecular complexity index is 899. The molecule has 2 aromatic carbocycles. The monoisotopic (exact) mass is 484 g/mol. The fraction of sp³-hybridized carbons (Fsp3) is 0.500. The molecule has 3 atom stereocenters. The third kappa shape index (κ3) is 10.3. The predicted molar refractivity (Wildman–Crippen MR) is 154 cm³/mol. The van der Waals surface area contributed by atoms with Crippen LogP contribution in [0.15, 0.2) is 54.6 Å². The summed E-state index contributed by atoms with van der Waals surface area (Å²) in [6.07, 6.45) is 1.98. The molecule has 5 radical (unpaired) electrons. The van der Waals surface area contributed by atoms with E-state index in [0.29, 0.717) is 13.0 Å². The Morgan fingerprint density at radius 3 is 2.31 bits per heavy atom. The van der Waals surface area contributed by atoms with Crippen LogP contribution in [0.4, 0.5) is 0 Å². The molecule has 8 heteroatoms. The number of benzene rings is 2. The molecule has 3 unspecified atom stereocenters. The average molecular weight is 484 g/mol. The van der Waals surface area contributed by atoms with Gasteiger partial charge in [0.15, 0.2) is 0 Å². The summed E-state index contributed by atoms with van der Waals surface area (Å²) in [4.78, 5) is 27.0. The van der Waals surface area contributed by atoms with Gasteiger partial charge in [0.1, 0.15) is 0 Å². The van der Waals surface area contributed by atoms with E-state index in [0.717, 1.165) is 36.0 Å². The third-order valence-corrected chi connectivity index (χ3v) is 5.99. The van der Waals surface area contributed by atoms with Crippen molar-refractivity contribution >= 4 is 40.0 Å². The Kier molecular flexibility index (Phi) is 15.7. The first-order chi connectivity index (χ1) is 17.5. The van der Waals surface area contributed by atoms with Crippen molar-refractivity contribution < 1.29 is 9.59 Å². The fourth-order valence-electron chi connectivity index (χ4n) is 4.36. The SMILES string of the molecule is CC.CC.[B][B]c1ccccc1C(CC)C([B])NC(=O)CN1CCC(NC(=O)Cc2ccccc2)C1. The van der Waals surface area contributed by atoms with E-state index in [2.05, 4.69) is 15.5 Å². The van der Waals surface area contributed by atoms with Gasteiger partial charge in [0.25, 0.3) is 0 Å². The summed E-state index contributed by atoms with van der Waals surface area (Å²) in [6, 6.07) is 17.6. The van der Waals surface area contributed by atoms with Gasteiger partial charge >= 0.3 is 0 Å². The van der Waals surface area contributed by atoms with Crippen LogP contribution in [0.5, 0.6) is 0 Å². The lowest BCUT2D eigenvalue weighted by molar-refractivity contribution is -0.122. The normalized spacial score (nSPS) is 16.3. The van der Waals surface area contributed by atoms with E-state index in [1.165, 1.54) is 0 Å². The topological polar surface area (TPSA) is 61.4 Å². The van der Waals surface area contributed by atoms with Gasteiger partial charge in [0, 0.05) is 26.9 Å². The van der Waals surface area contributed by atoms with E-state index in [4.69, 9.17) is 15.6 Å². The summed E-state index contributed by atoms with van der Waals surface area (Å²) in [5.41, 5.74) is 2.96. The largest absolute Gasteiger partial charge is 0.360 e. The van der Waals surface area contributed by atoms with Crippen LogP contribution in [0.2, 0.25) is 0 Å². The molecule has 36 heavy (non-hydrogen) atoms. The first kappa shape index (κ1) is 31.6. The maximum Gasteiger partial charge on any atom is 0.233 e. The lowest BCUT2D eigenvalue weighted by atomic mass is 9.49. The molecule has 0 saturated carbocycles. The molecule has 0 aliphatic carbocycles.